The van der Waals surface area contributed by atoms with Gasteiger partial charge in [0.25, 0.3) is 5.95 Å². The molecule has 0 aliphatic heterocycles. The molecule has 3 heterocycles. The Morgan fingerprint density at radius 1 is 1.35 bits per heavy atom. The summed E-state index contributed by atoms with van der Waals surface area (Å²) in [5.41, 5.74) is 1.68. The number of pyridine rings is 1. The minimum absolute atomic E-state index is 0.551. The van der Waals surface area contributed by atoms with Crippen LogP contribution < -0.4 is 0 Å². The second-order valence-corrected chi connectivity index (χ2v) is 4.36. The molecule has 0 spiro atoms. The van der Waals surface area contributed by atoms with E-state index in [0.29, 0.717) is 5.95 Å². The van der Waals surface area contributed by atoms with Crippen LogP contribution in [0.1, 0.15) is 5.01 Å². The number of hydrogen-bond acceptors (Lipinski definition) is 6. The highest BCUT2D eigenvalue weighted by Crippen LogP contribution is 2.15. The van der Waals surface area contributed by atoms with Gasteiger partial charge in [-0.3, -0.25) is 4.98 Å². The van der Waals surface area contributed by atoms with Gasteiger partial charge in [0.2, 0.25) is 0 Å². The van der Waals surface area contributed by atoms with Crippen LogP contribution in [0.2, 0.25) is 0 Å². The fourth-order valence-electron chi connectivity index (χ4n) is 1.39. The Morgan fingerprint density at radius 2 is 2.29 bits per heavy atom. The van der Waals surface area contributed by atoms with Gasteiger partial charge in [0.1, 0.15) is 10.7 Å². The lowest BCUT2D eigenvalue weighted by Gasteiger charge is -1.91. The van der Waals surface area contributed by atoms with E-state index in [1.165, 1.54) is 11.5 Å². The standard InChI is InChI=1S/C10H8N6S/c1-7-12-10(14-17-7)16-6-9(13-15-16)8-3-2-4-11-5-8/h2-6H,1H3. The summed E-state index contributed by atoms with van der Waals surface area (Å²) in [7, 11) is 0. The molecular weight excluding hydrogens is 236 g/mol. The van der Waals surface area contributed by atoms with Crippen LogP contribution in [0.25, 0.3) is 17.2 Å². The molecule has 0 saturated carbocycles. The molecule has 84 valence electrons. The second kappa shape index (κ2) is 4.02. The SMILES string of the molecule is Cc1nc(-n2cc(-c3cccnc3)nn2)ns1. The zero-order valence-corrected chi connectivity index (χ0v) is 9.79. The highest BCUT2D eigenvalue weighted by Gasteiger charge is 2.08. The summed E-state index contributed by atoms with van der Waals surface area (Å²) in [6.07, 6.45) is 5.26. The normalized spacial score (nSPS) is 10.6. The van der Waals surface area contributed by atoms with Crippen molar-refractivity contribution in [3.05, 3.63) is 35.7 Å². The number of aryl methyl sites for hydroxylation is 1. The molecule has 7 heteroatoms. The monoisotopic (exact) mass is 244 g/mol. The Bertz CT molecular complexity index is 629. The lowest BCUT2D eigenvalue weighted by atomic mass is 10.2. The van der Waals surface area contributed by atoms with E-state index < -0.39 is 0 Å². The van der Waals surface area contributed by atoms with Gasteiger partial charge in [-0.2, -0.15) is 9.06 Å². The van der Waals surface area contributed by atoms with Gasteiger partial charge in [-0.15, -0.1) is 5.10 Å². The second-order valence-electron chi connectivity index (χ2n) is 3.40. The third kappa shape index (κ3) is 1.92. The molecule has 3 aromatic rings. The predicted octanol–water partition coefficient (Wildman–Crippen LogP) is 1.49. The van der Waals surface area contributed by atoms with Crippen molar-refractivity contribution in [2.75, 3.05) is 0 Å². The van der Waals surface area contributed by atoms with E-state index in [-0.39, 0.29) is 0 Å². The molecule has 0 unspecified atom stereocenters. The topological polar surface area (TPSA) is 69.4 Å². The van der Waals surface area contributed by atoms with Crippen LogP contribution in [-0.2, 0) is 0 Å². The van der Waals surface area contributed by atoms with Crippen LogP contribution in [0.15, 0.2) is 30.7 Å². The summed E-state index contributed by atoms with van der Waals surface area (Å²) < 4.78 is 5.73. The summed E-state index contributed by atoms with van der Waals surface area (Å²) >= 11 is 1.34. The van der Waals surface area contributed by atoms with Crippen molar-refractivity contribution in [3.63, 3.8) is 0 Å². The summed E-state index contributed by atoms with van der Waals surface area (Å²) in [6, 6.07) is 3.79. The molecular formula is C10H8N6S. The number of rotatable bonds is 2. The third-order valence-corrected chi connectivity index (χ3v) is 2.78. The van der Waals surface area contributed by atoms with Crippen molar-refractivity contribution in [2.24, 2.45) is 0 Å². The first-order chi connectivity index (χ1) is 8.33. The molecule has 0 aromatic carbocycles. The maximum atomic E-state index is 4.24. The average molecular weight is 244 g/mol. The average Bonchev–Trinajstić information content (AvgIpc) is 2.98. The molecule has 6 nitrogen and oxygen atoms in total. The van der Waals surface area contributed by atoms with E-state index in [9.17, 15) is 0 Å². The summed E-state index contributed by atoms with van der Waals surface area (Å²) in [4.78, 5) is 8.28. The molecule has 0 amide bonds. The zero-order valence-electron chi connectivity index (χ0n) is 8.98. The molecule has 0 N–H and O–H groups in total. The van der Waals surface area contributed by atoms with Crippen LogP contribution in [0.3, 0.4) is 0 Å². The first-order valence-electron chi connectivity index (χ1n) is 4.96. The van der Waals surface area contributed by atoms with Crippen molar-refractivity contribution in [3.8, 4) is 17.2 Å². The Labute approximate surface area is 101 Å². The summed E-state index contributed by atoms with van der Waals surface area (Å²) in [5, 5.41) is 8.97. The first kappa shape index (κ1) is 10.0. The molecule has 3 rings (SSSR count). The largest absolute Gasteiger partial charge is 0.264 e. The Balaban J connectivity index is 1.99. The molecule has 0 bridgehead atoms. The van der Waals surface area contributed by atoms with Crippen LogP contribution >= 0.6 is 11.5 Å². The van der Waals surface area contributed by atoms with Crippen molar-refractivity contribution in [2.45, 2.75) is 6.92 Å². The highest BCUT2D eigenvalue weighted by atomic mass is 32.1. The summed E-state index contributed by atoms with van der Waals surface area (Å²) in [5.74, 6) is 0.551. The van der Waals surface area contributed by atoms with Gasteiger partial charge < -0.3 is 0 Å². The number of hydrogen-bond donors (Lipinski definition) is 0. The molecule has 0 aliphatic rings. The van der Waals surface area contributed by atoms with Gasteiger partial charge in [0.05, 0.1) is 6.20 Å². The van der Waals surface area contributed by atoms with Crippen LogP contribution in [0.4, 0.5) is 0 Å². The Kier molecular flexibility index (Phi) is 2.37. The fraction of sp³-hybridized carbons (Fsp3) is 0.100. The van der Waals surface area contributed by atoms with E-state index in [2.05, 4.69) is 24.7 Å². The molecule has 17 heavy (non-hydrogen) atoms. The van der Waals surface area contributed by atoms with Crippen molar-refractivity contribution in [1.82, 2.24) is 29.3 Å². The maximum Gasteiger partial charge on any atom is 0.263 e. The maximum absolute atomic E-state index is 4.24. The van der Waals surface area contributed by atoms with Gasteiger partial charge in [-0.05, 0) is 30.6 Å². The predicted molar refractivity (Wildman–Crippen MR) is 62.8 cm³/mol. The van der Waals surface area contributed by atoms with E-state index in [0.717, 1.165) is 16.3 Å². The minimum Gasteiger partial charge on any atom is -0.264 e. The third-order valence-electron chi connectivity index (χ3n) is 2.17. The highest BCUT2D eigenvalue weighted by molar-refractivity contribution is 7.05. The molecule has 0 saturated heterocycles. The number of nitrogens with zero attached hydrogens (tertiary/aromatic N) is 6. The molecule has 0 atom stereocenters. The Morgan fingerprint density at radius 3 is 3.00 bits per heavy atom. The first-order valence-corrected chi connectivity index (χ1v) is 5.74. The molecule has 3 aromatic heterocycles. The van der Waals surface area contributed by atoms with Crippen molar-refractivity contribution < 1.29 is 0 Å². The van der Waals surface area contributed by atoms with E-state index in [1.807, 2.05) is 19.1 Å². The number of aromatic nitrogens is 6. The van der Waals surface area contributed by atoms with Crippen molar-refractivity contribution in [1.29, 1.82) is 0 Å². The van der Waals surface area contributed by atoms with E-state index >= 15 is 0 Å². The molecule has 0 fully saturated rings. The molecule has 0 aliphatic carbocycles. The lowest BCUT2D eigenvalue weighted by Crippen LogP contribution is -1.96. The lowest BCUT2D eigenvalue weighted by molar-refractivity contribution is 0.767. The van der Waals surface area contributed by atoms with Crippen LogP contribution in [0, 0.1) is 6.92 Å². The van der Waals surface area contributed by atoms with Gasteiger partial charge in [-0.25, -0.2) is 4.98 Å². The minimum atomic E-state index is 0.551. The van der Waals surface area contributed by atoms with Crippen LogP contribution in [0.5, 0.6) is 0 Å². The van der Waals surface area contributed by atoms with Crippen molar-refractivity contribution >= 4 is 11.5 Å². The fourth-order valence-corrected chi connectivity index (χ4v) is 1.85. The quantitative estimate of drug-likeness (QED) is 0.683. The van der Waals surface area contributed by atoms with E-state index in [4.69, 9.17) is 0 Å². The Hall–Kier alpha value is -2.15. The van der Waals surface area contributed by atoms with Gasteiger partial charge in [0, 0.05) is 18.0 Å². The van der Waals surface area contributed by atoms with E-state index in [1.54, 1.807) is 23.3 Å². The zero-order chi connectivity index (χ0) is 11.7. The summed E-state index contributed by atoms with van der Waals surface area (Å²) in [6.45, 7) is 1.90. The van der Waals surface area contributed by atoms with Gasteiger partial charge in [0.15, 0.2) is 0 Å². The van der Waals surface area contributed by atoms with Crippen LogP contribution in [-0.4, -0.2) is 29.3 Å². The van der Waals surface area contributed by atoms with Gasteiger partial charge in [-0.1, -0.05) is 5.21 Å². The molecule has 0 radical (unpaired) electrons. The van der Waals surface area contributed by atoms with Gasteiger partial charge >= 0.3 is 0 Å². The smallest absolute Gasteiger partial charge is 0.263 e.